The quantitative estimate of drug-likeness (QED) is 0.475. The second-order valence-corrected chi connectivity index (χ2v) is 12.3. The van der Waals surface area contributed by atoms with Crippen LogP contribution in [0.25, 0.3) is 0 Å². The summed E-state index contributed by atoms with van der Waals surface area (Å²) in [5.74, 6) is -0.365. The second-order valence-electron chi connectivity index (χ2n) is 10.4. The Kier molecular flexibility index (Phi) is 10.1. The van der Waals surface area contributed by atoms with Crippen molar-refractivity contribution in [2.45, 2.75) is 78.9 Å². The molecular formula is C28H41N3O4S. The Labute approximate surface area is 216 Å². The fraction of sp³-hybridized carbons (Fsp3) is 0.500. The summed E-state index contributed by atoms with van der Waals surface area (Å²) in [5, 5.41) is 3.01. The zero-order valence-electron chi connectivity index (χ0n) is 22.7. The fourth-order valence-corrected chi connectivity index (χ4v) is 5.02. The van der Waals surface area contributed by atoms with Gasteiger partial charge in [0.05, 0.1) is 11.9 Å². The molecule has 0 spiro atoms. The van der Waals surface area contributed by atoms with Crippen molar-refractivity contribution in [3.63, 3.8) is 0 Å². The summed E-state index contributed by atoms with van der Waals surface area (Å²) >= 11 is 0. The van der Waals surface area contributed by atoms with Crippen molar-refractivity contribution in [3.8, 4) is 0 Å². The van der Waals surface area contributed by atoms with E-state index in [4.69, 9.17) is 0 Å². The van der Waals surface area contributed by atoms with E-state index < -0.39 is 21.6 Å². The number of nitrogens with one attached hydrogen (secondary N) is 1. The van der Waals surface area contributed by atoms with Crippen LogP contribution in [0.2, 0.25) is 0 Å². The van der Waals surface area contributed by atoms with Crippen molar-refractivity contribution < 1.29 is 18.0 Å². The van der Waals surface area contributed by atoms with Gasteiger partial charge in [-0.05, 0) is 70.7 Å². The number of amides is 2. The van der Waals surface area contributed by atoms with E-state index in [1.54, 1.807) is 17.0 Å². The van der Waals surface area contributed by atoms with Crippen LogP contribution in [0.4, 0.5) is 5.69 Å². The number of carbonyl (C=O) groups excluding carboxylic acids is 2. The number of carbonyl (C=O) groups is 2. The van der Waals surface area contributed by atoms with Crippen molar-refractivity contribution in [1.82, 2.24) is 10.2 Å². The SMILES string of the molecule is CC[C@H](C(=O)NC(C)(C)C)N(Cc1ccccc1C)C(=O)CCCN(c1ccc(C)cc1)S(C)(=O)=O. The lowest BCUT2D eigenvalue weighted by Crippen LogP contribution is -2.53. The Morgan fingerprint density at radius 3 is 2.14 bits per heavy atom. The van der Waals surface area contributed by atoms with Gasteiger partial charge in [-0.15, -0.1) is 0 Å². The smallest absolute Gasteiger partial charge is 0.243 e. The van der Waals surface area contributed by atoms with Gasteiger partial charge in [0.15, 0.2) is 0 Å². The molecule has 0 aliphatic carbocycles. The standard InChI is InChI=1S/C28H41N3O4S/c1-8-25(27(33)29-28(4,5)6)30(20-23-13-10-9-12-22(23)3)26(32)14-11-19-31(36(7,34)35)24-17-15-21(2)16-18-24/h9-10,12-13,15-18,25H,8,11,14,19-20H2,1-7H3,(H,29,33)/t25-/m1/s1. The summed E-state index contributed by atoms with van der Waals surface area (Å²) in [7, 11) is -3.51. The van der Waals surface area contributed by atoms with Crippen molar-refractivity contribution >= 4 is 27.5 Å². The third-order valence-electron chi connectivity index (χ3n) is 5.96. The molecule has 2 aromatic rings. The lowest BCUT2D eigenvalue weighted by Gasteiger charge is -2.33. The van der Waals surface area contributed by atoms with E-state index in [9.17, 15) is 18.0 Å². The predicted molar refractivity (Wildman–Crippen MR) is 146 cm³/mol. The van der Waals surface area contributed by atoms with Gasteiger partial charge < -0.3 is 10.2 Å². The van der Waals surface area contributed by atoms with Gasteiger partial charge in [-0.2, -0.15) is 0 Å². The van der Waals surface area contributed by atoms with Gasteiger partial charge in [-0.25, -0.2) is 8.42 Å². The highest BCUT2D eigenvalue weighted by atomic mass is 32.2. The molecule has 198 valence electrons. The fourth-order valence-electron chi connectivity index (χ4n) is 4.06. The molecule has 0 aliphatic heterocycles. The van der Waals surface area contributed by atoms with Gasteiger partial charge in [0, 0.05) is 25.0 Å². The van der Waals surface area contributed by atoms with Crippen LogP contribution in [0.3, 0.4) is 0 Å². The summed E-state index contributed by atoms with van der Waals surface area (Å²) in [6.07, 6.45) is 2.10. The third-order valence-corrected chi connectivity index (χ3v) is 7.15. The summed E-state index contributed by atoms with van der Waals surface area (Å²) in [5.41, 5.74) is 3.21. The molecule has 0 unspecified atom stereocenters. The summed E-state index contributed by atoms with van der Waals surface area (Å²) in [6, 6.07) is 14.5. The van der Waals surface area contributed by atoms with Crippen LogP contribution in [-0.2, 0) is 26.2 Å². The van der Waals surface area contributed by atoms with Crippen LogP contribution >= 0.6 is 0 Å². The molecule has 0 saturated heterocycles. The molecule has 0 aromatic heterocycles. The number of aryl methyl sites for hydroxylation is 2. The third kappa shape index (κ3) is 8.66. The maximum absolute atomic E-state index is 13.5. The highest BCUT2D eigenvalue weighted by Crippen LogP contribution is 2.21. The lowest BCUT2D eigenvalue weighted by molar-refractivity contribution is -0.142. The maximum atomic E-state index is 13.5. The minimum absolute atomic E-state index is 0.128. The minimum Gasteiger partial charge on any atom is -0.350 e. The van der Waals surface area contributed by atoms with Gasteiger partial charge in [-0.3, -0.25) is 13.9 Å². The average Bonchev–Trinajstić information content (AvgIpc) is 2.76. The first-order valence-corrected chi connectivity index (χ1v) is 14.3. The second kappa shape index (κ2) is 12.4. The lowest BCUT2D eigenvalue weighted by atomic mass is 10.0. The predicted octanol–water partition coefficient (Wildman–Crippen LogP) is 4.57. The molecule has 2 aromatic carbocycles. The molecule has 7 nitrogen and oxygen atoms in total. The number of rotatable bonds is 11. The topological polar surface area (TPSA) is 86.8 Å². The maximum Gasteiger partial charge on any atom is 0.243 e. The minimum atomic E-state index is -3.51. The Morgan fingerprint density at radius 2 is 1.61 bits per heavy atom. The van der Waals surface area contributed by atoms with E-state index >= 15 is 0 Å². The van der Waals surface area contributed by atoms with E-state index in [-0.39, 0.29) is 24.8 Å². The molecule has 0 heterocycles. The number of hydrogen-bond acceptors (Lipinski definition) is 4. The molecule has 1 atom stereocenters. The zero-order valence-corrected chi connectivity index (χ0v) is 23.5. The van der Waals surface area contributed by atoms with Gasteiger partial charge >= 0.3 is 0 Å². The Hall–Kier alpha value is -2.87. The molecule has 2 rings (SSSR count). The monoisotopic (exact) mass is 515 g/mol. The largest absolute Gasteiger partial charge is 0.350 e. The van der Waals surface area contributed by atoms with Gasteiger partial charge in [0.2, 0.25) is 21.8 Å². The van der Waals surface area contributed by atoms with Gasteiger partial charge in [0.1, 0.15) is 6.04 Å². The summed E-state index contributed by atoms with van der Waals surface area (Å²) in [4.78, 5) is 28.3. The van der Waals surface area contributed by atoms with Crippen molar-refractivity contribution in [2.75, 3.05) is 17.1 Å². The number of benzene rings is 2. The molecule has 0 bridgehead atoms. The van der Waals surface area contributed by atoms with Crippen molar-refractivity contribution in [2.24, 2.45) is 0 Å². The molecule has 1 N–H and O–H groups in total. The molecule has 8 heteroatoms. The Balaban J connectivity index is 2.24. The summed E-state index contributed by atoms with van der Waals surface area (Å²) in [6.45, 7) is 12.1. The number of hydrogen-bond donors (Lipinski definition) is 1. The zero-order chi connectivity index (χ0) is 27.1. The van der Waals surface area contributed by atoms with Crippen LogP contribution in [0.1, 0.15) is 63.6 Å². The van der Waals surface area contributed by atoms with E-state index in [1.165, 1.54) is 10.6 Å². The molecular weight excluding hydrogens is 474 g/mol. The van der Waals surface area contributed by atoms with E-state index in [0.717, 1.165) is 16.7 Å². The average molecular weight is 516 g/mol. The molecule has 2 amide bonds. The molecule has 0 fully saturated rings. The van der Waals surface area contributed by atoms with Crippen molar-refractivity contribution in [1.29, 1.82) is 0 Å². The molecule has 36 heavy (non-hydrogen) atoms. The summed E-state index contributed by atoms with van der Waals surface area (Å²) < 4.78 is 26.2. The first kappa shape index (κ1) is 29.4. The Bertz CT molecular complexity index is 1140. The highest BCUT2D eigenvalue weighted by molar-refractivity contribution is 7.92. The van der Waals surface area contributed by atoms with E-state index in [2.05, 4.69) is 5.32 Å². The number of nitrogens with zero attached hydrogens (tertiary/aromatic N) is 2. The van der Waals surface area contributed by atoms with Crippen LogP contribution < -0.4 is 9.62 Å². The first-order chi connectivity index (χ1) is 16.7. The normalized spacial score (nSPS) is 12.6. The number of sulfonamides is 1. The van der Waals surface area contributed by atoms with Crippen LogP contribution in [0.15, 0.2) is 48.5 Å². The van der Waals surface area contributed by atoms with E-state index in [0.29, 0.717) is 25.1 Å². The first-order valence-electron chi connectivity index (χ1n) is 12.4. The van der Waals surface area contributed by atoms with Crippen LogP contribution in [-0.4, -0.2) is 49.5 Å². The molecule has 0 saturated carbocycles. The molecule has 0 aliphatic rings. The number of anilines is 1. The van der Waals surface area contributed by atoms with Crippen molar-refractivity contribution in [3.05, 3.63) is 65.2 Å². The van der Waals surface area contributed by atoms with Crippen LogP contribution in [0.5, 0.6) is 0 Å². The molecule has 0 radical (unpaired) electrons. The van der Waals surface area contributed by atoms with Gasteiger partial charge in [-0.1, -0.05) is 48.9 Å². The highest BCUT2D eigenvalue weighted by Gasteiger charge is 2.31. The van der Waals surface area contributed by atoms with Crippen LogP contribution in [0, 0.1) is 13.8 Å². The van der Waals surface area contributed by atoms with E-state index in [1.807, 2.05) is 77.9 Å². The Morgan fingerprint density at radius 1 is 1.00 bits per heavy atom. The van der Waals surface area contributed by atoms with Gasteiger partial charge in [0.25, 0.3) is 0 Å².